The largest absolute Gasteiger partial charge is 0.508 e. The van der Waals surface area contributed by atoms with Crippen molar-refractivity contribution in [2.45, 2.75) is 25.8 Å². The summed E-state index contributed by atoms with van der Waals surface area (Å²) in [6.07, 6.45) is 1.34. The lowest BCUT2D eigenvalue weighted by molar-refractivity contribution is -0.147. The number of carbonyl (C=O) groups is 2. The second-order valence-corrected chi connectivity index (χ2v) is 6.89. The van der Waals surface area contributed by atoms with Crippen LogP contribution in [0.2, 0.25) is 10.0 Å². The molecule has 8 heteroatoms. The molecule has 0 spiro atoms. The van der Waals surface area contributed by atoms with Crippen LogP contribution in [0.1, 0.15) is 31.4 Å². The molecule has 0 radical (unpaired) electrons. The number of rotatable bonds is 6. The van der Waals surface area contributed by atoms with E-state index in [1.807, 2.05) is 6.92 Å². The fourth-order valence-electron chi connectivity index (χ4n) is 3.23. The van der Waals surface area contributed by atoms with Gasteiger partial charge in [-0.2, -0.15) is 0 Å². The number of likely N-dealkylation sites (tertiary alicyclic amines) is 1. The molecule has 6 nitrogen and oxygen atoms in total. The summed E-state index contributed by atoms with van der Waals surface area (Å²) in [6.45, 7) is 2.76. The van der Waals surface area contributed by atoms with Crippen molar-refractivity contribution in [3.05, 3.63) is 27.7 Å². The molecule has 0 aromatic heterocycles. The zero-order chi connectivity index (χ0) is 18.6. The minimum atomic E-state index is -0.788. The van der Waals surface area contributed by atoms with Crippen molar-refractivity contribution in [2.24, 2.45) is 5.92 Å². The molecular weight excluding hydrogens is 367 g/mol. The van der Waals surface area contributed by atoms with Crippen LogP contribution >= 0.6 is 23.2 Å². The third-order valence-electron chi connectivity index (χ3n) is 4.51. The number of aliphatic hydroxyl groups excluding tert-OH is 1. The fraction of sp³-hybridized carbons (Fsp3) is 0.529. The van der Waals surface area contributed by atoms with E-state index in [4.69, 9.17) is 28.3 Å². The maximum atomic E-state index is 11.9. The second kappa shape index (κ2) is 8.85. The van der Waals surface area contributed by atoms with Crippen LogP contribution in [-0.4, -0.2) is 53.0 Å². The van der Waals surface area contributed by atoms with Crippen LogP contribution in [-0.2, 0) is 9.59 Å². The first-order chi connectivity index (χ1) is 11.9. The highest BCUT2D eigenvalue weighted by molar-refractivity contribution is 6.42. The second-order valence-electron chi connectivity index (χ2n) is 6.07. The number of phenolic OH excluding ortho intramolecular Hbond substituents is 1. The Bertz CT molecular complexity index is 646. The van der Waals surface area contributed by atoms with Gasteiger partial charge < -0.3 is 20.4 Å². The van der Waals surface area contributed by atoms with E-state index in [2.05, 4.69) is 5.32 Å². The number of aromatic hydroxyl groups is 1. The van der Waals surface area contributed by atoms with Crippen molar-refractivity contribution < 1.29 is 19.8 Å². The van der Waals surface area contributed by atoms with E-state index in [1.54, 1.807) is 6.07 Å². The minimum Gasteiger partial charge on any atom is -0.508 e. The number of Topliss-reactive ketones (excluding diaryl/α,β-unsaturated/α-hetero) is 1. The minimum absolute atomic E-state index is 0.0781. The molecule has 2 rings (SSSR count). The Hall–Kier alpha value is -1.34. The van der Waals surface area contributed by atoms with Gasteiger partial charge in [0.2, 0.25) is 5.78 Å². The molecule has 1 atom stereocenters. The number of aliphatic hydroxyl groups is 1. The summed E-state index contributed by atoms with van der Waals surface area (Å²) in [6, 6.07) is 2.96. The molecule has 1 aromatic rings. The van der Waals surface area contributed by atoms with Crippen LogP contribution in [0, 0.1) is 5.92 Å². The Kier molecular flexibility index (Phi) is 7.07. The average molecular weight is 389 g/mol. The number of carbonyl (C=O) groups excluding carboxylic acids is 2. The standard InChI is InChI=1S/C17H22Cl2N2O4/c1-2-20-16(11-7-12(18)13(19)8-14(11)23)10-3-5-21(6-4-10)17(25)15(24)9-22/h7-8,10,16,20,22-23H,2-6,9H2,1H3. The first-order valence-corrected chi connectivity index (χ1v) is 8.98. The molecule has 1 amide bonds. The SMILES string of the molecule is CCNC(c1cc(Cl)c(Cl)cc1O)C1CCN(C(=O)C(=O)CO)CC1. The molecule has 1 heterocycles. The van der Waals surface area contributed by atoms with Crippen LogP contribution in [0.25, 0.3) is 0 Å². The Balaban J connectivity index is 2.14. The summed E-state index contributed by atoms with van der Waals surface area (Å²) < 4.78 is 0. The molecule has 1 unspecified atom stereocenters. The number of amides is 1. The number of piperidine rings is 1. The summed E-state index contributed by atoms with van der Waals surface area (Å²) in [7, 11) is 0. The van der Waals surface area contributed by atoms with Gasteiger partial charge in [0, 0.05) is 30.8 Å². The number of benzene rings is 1. The molecule has 0 bridgehead atoms. The fourth-order valence-corrected chi connectivity index (χ4v) is 3.56. The first kappa shape index (κ1) is 20.0. The molecular formula is C17H22Cl2N2O4. The van der Waals surface area contributed by atoms with Crippen molar-refractivity contribution in [2.75, 3.05) is 26.2 Å². The summed E-state index contributed by atoms with van der Waals surface area (Å²) in [5, 5.41) is 23.1. The summed E-state index contributed by atoms with van der Waals surface area (Å²) in [5.41, 5.74) is 0.674. The van der Waals surface area contributed by atoms with Crippen molar-refractivity contribution in [3.8, 4) is 5.75 Å². The van der Waals surface area contributed by atoms with Gasteiger partial charge in [0.05, 0.1) is 10.0 Å². The van der Waals surface area contributed by atoms with Crippen LogP contribution in [0.15, 0.2) is 12.1 Å². The van der Waals surface area contributed by atoms with Gasteiger partial charge in [0.15, 0.2) is 0 Å². The molecule has 0 aliphatic carbocycles. The van der Waals surface area contributed by atoms with Gasteiger partial charge in [-0.25, -0.2) is 0 Å². The molecule has 1 fully saturated rings. The number of ketones is 1. The first-order valence-electron chi connectivity index (χ1n) is 8.23. The number of nitrogens with one attached hydrogen (secondary N) is 1. The Morgan fingerprint density at radius 3 is 2.44 bits per heavy atom. The molecule has 1 aromatic carbocycles. The average Bonchev–Trinajstić information content (AvgIpc) is 2.62. The predicted octanol–water partition coefficient (Wildman–Crippen LogP) is 2.15. The van der Waals surface area contributed by atoms with E-state index in [-0.39, 0.29) is 17.7 Å². The number of halogens is 2. The van der Waals surface area contributed by atoms with E-state index in [0.717, 1.165) is 0 Å². The zero-order valence-corrected chi connectivity index (χ0v) is 15.5. The number of nitrogens with zero attached hydrogens (tertiary/aromatic N) is 1. The Morgan fingerprint density at radius 1 is 1.28 bits per heavy atom. The molecule has 1 saturated heterocycles. The lowest BCUT2D eigenvalue weighted by atomic mass is 9.84. The molecule has 0 saturated carbocycles. The number of hydrogen-bond donors (Lipinski definition) is 3. The van der Waals surface area contributed by atoms with E-state index < -0.39 is 18.3 Å². The summed E-state index contributed by atoms with van der Waals surface area (Å²) >= 11 is 12.0. The molecule has 138 valence electrons. The third kappa shape index (κ3) is 4.64. The Morgan fingerprint density at radius 2 is 1.88 bits per heavy atom. The van der Waals surface area contributed by atoms with E-state index in [1.165, 1.54) is 11.0 Å². The van der Waals surface area contributed by atoms with Gasteiger partial charge in [-0.15, -0.1) is 0 Å². The van der Waals surface area contributed by atoms with Crippen molar-refractivity contribution >= 4 is 34.9 Å². The van der Waals surface area contributed by atoms with Gasteiger partial charge in [-0.1, -0.05) is 30.1 Å². The van der Waals surface area contributed by atoms with Crippen molar-refractivity contribution in [1.82, 2.24) is 10.2 Å². The quantitative estimate of drug-likeness (QED) is 0.649. The molecule has 3 N–H and O–H groups in total. The van der Waals surface area contributed by atoms with Crippen molar-refractivity contribution in [1.29, 1.82) is 0 Å². The predicted molar refractivity (Wildman–Crippen MR) is 95.9 cm³/mol. The molecule has 1 aliphatic heterocycles. The van der Waals surface area contributed by atoms with E-state index >= 15 is 0 Å². The van der Waals surface area contributed by atoms with Gasteiger partial charge in [-0.3, -0.25) is 9.59 Å². The van der Waals surface area contributed by atoms with E-state index in [9.17, 15) is 14.7 Å². The highest BCUT2D eigenvalue weighted by Crippen LogP contribution is 2.39. The summed E-state index contributed by atoms with van der Waals surface area (Å²) in [4.78, 5) is 24.7. The summed E-state index contributed by atoms with van der Waals surface area (Å²) in [5.74, 6) is -1.19. The lowest BCUT2D eigenvalue weighted by Crippen LogP contribution is -2.45. The van der Waals surface area contributed by atoms with Crippen LogP contribution in [0.3, 0.4) is 0 Å². The highest BCUT2D eigenvalue weighted by Gasteiger charge is 2.32. The topological polar surface area (TPSA) is 89.9 Å². The van der Waals surface area contributed by atoms with Crippen molar-refractivity contribution in [3.63, 3.8) is 0 Å². The van der Waals surface area contributed by atoms with Gasteiger partial charge >= 0.3 is 0 Å². The third-order valence-corrected chi connectivity index (χ3v) is 5.23. The maximum absolute atomic E-state index is 11.9. The maximum Gasteiger partial charge on any atom is 0.292 e. The number of phenols is 1. The molecule has 1 aliphatic rings. The Labute approximate surface area is 156 Å². The van der Waals surface area contributed by atoms with Crippen LogP contribution in [0.5, 0.6) is 5.75 Å². The van der Waals surface area contributed by atoms with Gasteiger partial charge in [0.1, 0.15) is 12.4 Å². The number of hydrogen-bond acceptors (Lipinski definition) is 5. The monoisotopic (exact) mass is 388 g/mol. The highest BCUT2D eigenvalue weighted by atomic mass is 35.5. The smallest absolute Gasteiger partial charge is 0.292 e. The lowest BCUT2D eigenvalue weighted by Gasteiger charge is -2.36. The van der Waals surface area contributed by atoms with Gasteiger partial charge in [0.25, 0.3) is 5.91 Å². The normalized spacial score (nSPS) is 16.7. The van der Waals surface area contributed by atoms with Crippen LogP contribution in [0.4, 0.5) is 0 Å². The van der Waals surface area contributed by atoms with Crippen LogP contribution < -0.4 is 5.32 Å². The van der Waals surface area contributed by atoms with E-state index in [0.29, 0.717) is 48.1 Å². The zero-order valence-electron chi connectivity index (χ0n) is 14.0. The van der Waals surface area contributed by atoms with Gasteiger partial charge in [-0.05, 0) is 31.4 Å². The molecule has 25 heavy (non-hydrogen) atoms.